The third-order valence-electron chi connectivity index (χ3n) is 1.18. The number of hydrogen-bond acceptors (Lipinski definition) is 2. The summed E-state index contributed by atoms with van der Waals surface area (Å²) in [5, 5.41) is 7.82. The molecule has 4 heteroatoms. The lowest BCUT2D eigenvalue weighted by molar-refractivity contribution is 0.922. The van der Waals surface area contributed by atoms with Crippen LogP contribution < -0.4 is 0 Å². The summed E-state index contributed by atoms with van der Waals surface area (Å²) in [4.78, 5) is 0. The minimum atomic E-state index is 0.900. The molecule has 0 aliphatic heterocycles. The quantitative estimate of drug-likeness (QED) is 0.721. The summed E-state index contributed by atoms with van der Waals surface area (Å²) >= 11 is 6.76. The molecule has 0 spiro atoms. The summed E-state index contributed by atoms with van der Waals surface area (Å²) in [6, 6.07) is 0. The topological polar surface area (TPSA) is 25.8 Å². The van der Waals surface area contributed by atoms with Crippen LogP contribution in [0.15, 0.2) is 8.95 Å². The smallest absolute Gasteiger partial charge is 0.0753 e. The first-order chi connectivity index (χ1) is 4.63. The summed E-state index contributed by atoms with van der Waals surface area (Å²) in [5.41, 5.74) is 1.80. The zero-order valence-corrected chi connectivity index (χ0v) is 8.82. The van der Waals surface area contributed by atoms with Crippen molar-refractivity contribution in [2.45, 2.75) is 13.8 Å². The van der Waals surface area contributed by atoms with E-state index >= 15 is 0 Å². The van der Waals surface area contributed by atoms with Crippen molar-refractivity contribution in [3.05, 3.63) is 20.3 Å². The third kappa shape index (κ3) is 1.37. The molecule has 2 nitrogen and oxygen atoms in total. The first-order valence-electron chi connectivity index (χ1n) is 2.78. The normalized spacial score (nSPS) is 10.0. The monoisotopic (exact) mass is 264 g/mol. The Morgan fingerprint density at radius 2 is 1.20 bits per heavy atom. The van der Waals surface area contributed by atoms with Crippen LogP contribution in [0.25, 0.3) is 0 Å². The van der Waals surface area contributed by atoms with Crippen LogP contribution >= 0.6 is 31.9 Å². The highest BCUT2D eigenvalue weighted by Crippen LogP contribution is 2.26. The number of hydrogen-bond donors (Lipinski definition) is 0. The highest BCUT2D eigenvalue weighted by Gasteiger charge is 2.04. The lowest BCUT2D eigenvalue weighted by Crippen LogP contribution is -1.92. The predicted octanol–water partition coefficient (Wildman–Crippen LogP) is 2.62. The van der Waals surface area contributed by atoms with E-state index in [9.17, 15) is 0 Å². The molecule has 0 N–H and O–H groups in total. The molecular formula is C6H6Br2N2. The maximum atomic E-state index is 3.91. The van der Waals surface area contributed by atoms with E-state index in [0.717, 1.165) is 20.3 Å². The summed E-state index contributed by atoms with van der Waals surface area (Å²) in [6.45, 7) is 3.81. The fraction of sp³-hybridized carbons (Fsp3) is 0.333. The molecule has 1 aromatic heterocycles. The number of nitrogens with zero attached hydrogens (tertiary/aromatic N) is 2. The van der Waals surface area contributed by atoms with Crippen molar-refractivity contribution in [3.63, 3.8) is 0 Å². The molecule has 1 aromatic rings. The fourth-order valence-corrected chi connectivity index (χ4v) is 1.29. The Bertz CT molecular complexity index is 233. The molecule has 0 saturated heterocycles. The van der Waals surface area contributed by atoms with Crippen LogP contribution in [-0.4, -0.2) is 10.2 Å². The molecule has 54 valence electrons. The van der Waals surface area contributed by atoms with E-state index in [0.29, 0.717) is 0 Å². The Kier molecular flexibility index (Phi) is 2.41. The van der Waals surface area contributed by atoms with Gasteiger partial charge in [-0.2, -0.15) is 10.2 Å². The molecule has 1 rings (SSSR count). The van der Waals surface area contributed by atoms with Gasteiger partial charge in [-0.25, -0.2) is 0 Å². The molecule has 0 saturated carbocycles. The highest BCUT2D eigenvalue weighted by atomic mass is 79.9. The van der Waals surface area contributed by atoms with Gasteiger partial charge in [-0.05, 0) is 45.7 Å². The Morgan fingerprint density at radius 3 is 1.50 bits per heavy atom. The van der Waals surface area contributed by atoms with E-state index in [-0.39, 0.29) is 0 Å². The molecule has 1 heterocycles. The van der Waals surface area contributed by atoms with Crippen LogP contribution in [0.3, 0.4) is 0 Å². The van der Waals surface area contributed by atoms with E-state index in [1.54, 1.807) is 0 Å². The molecule has 0 aromatic carbocycles. The molecule has 0 amide bonds. The standard InChI is InChI=1S/C6H6Br2N2/c1-3-5(7)6(8)4(2)10-9-3/h1-2H3. The van der Waals surface area contributed by atoms with Crippen molar-refractivity contribution < 1.29 is 0 Å². The number of aromatic nitrogens is 2. The van der Waals surface area contributed by atoms with E-state index < -0.39 is 0 Å². The van der Waals surface area contributed by atoms with E-state index in [2.05, 4.69) is 42.1 Å². The molecule has 0 atom stereocenters. The highest BCUT2D eigenvalue weighted by molar-refractivity contribution is 9.13. The van der Waals surface area contributed by atoms with E-state index in [4.69, 9.17) is 0 Å². The predicted molar refractivity (Wildman–Crippen MR) is 46.9 cm³/mol. The maximum Gasteiger partial charge on any atom is 0.0753 e. The summed E-state index contributed by atoms with van der Waals surface area (Å²) in [6.07, 6.45) is 0. The molecule has 0 bridgehead atoms. The van der Waals surface area contributed by atoms with Crippen molar-refractivity contribution in [1.82, 2.24) is 10.2 Å². The fourth-order valence-electron chi connectivity index (χ4n) is 0.555. The van der Waals surface area contributed by atoms with Gasteiger partial charge in [0.25, 0.3) is 0 Å². The molecule has 0 unspecified atom stereocenters. The Morgan fingerprint density at radius 1 is 0.900 bits per heavy atom. The first-order valence-corrected chi connectivity index (χ1v) is 4.36. The number of aryl methyl sites for hydroxylation is 2. The van der Waals surface area contributed by atoms with Crippen LogP contribution in [0.4, 0.5) is 0 Å². The Hall–Kier alpha value is 0.0400. The average Bonchev–Trinajstić information content (AvgIpc) is 1.93. The van der Waals surface area contributed by atoms with Gasteiger partial charge in [0.15, 0.2) is 0 Å². The maximum absolute atomic E-state index is 3.91. The largest absolute Gasteiger partial charge is 0.154 e. The Balaban J connectivity index is 3.34. The molecule has 0 aliphatic carbocycles. The van der Waals surface area contributed by atoms with Gasteiger partial charge >= 0.3 is 0 Å². The van der Waals surface area contributed by atoms with Gasteiger partial charge in [0.2, 0.25) is 0 Å². The van der Waals surface area contributed by atoms with Crippen molar-refractivity contribution in [1.29, 1.82) is 0 Å². The van der Waals surface area contributed by atoms with Gasteiger partial charge < -0.3 is 0 Å². The van der Waals surface area contributed by atoms with Gasteiger partial charge in [0, 0.05) is 0 Å². The van der Waals surface area contributed by atoms with Crippen LogP contribution in [-0.2, 0) is 0 Å². The van der Waals surface area contributed by atoms with Crippen molar-refractivity contribution in [2.24, 2.45) is 0 Å². The summed E-state index contributed by atoms with van der Waals surface area (Å²) in [7, 11) is 0. The minimum Gasteiger partial charge on any atom is -0.154 e. The van der Waals surface area contributed by atoms with E-state index in [1.165, 1.54) is 0 Å². The van der Waals surface area contributed by atoms with Crippen molar-refractivity contribution in [3.8, 4) is 0 Å². The van der Waals surface area contributed by atoms with Crippen LogP contribution in [0.1, 0.15) is 11.4 Å². The van der Waals surface area contributed by atoms with Crippen molar-refractivity contribution >= 4 is 31.9 Å². The van der Waals surface area contributed by atoms with Gasteiger partial charge in [-0.15, -0.1) is 0 Å². The van der Waals surface area contributed by atoms with Gasteiger partial charge in [-0.3, -0.25) is 0 Å². The van der Waals surface area contributed by atoms with Gasteiger partial charge in [-0.1, -0.05) is 0 Å². The molecular weight excluding hydrogens is 260 g/mol. The zero-order chi connectivity index (χ0) is 7.72. The molecule has 0 aliphatic rings. The number of halogens is 2. The lowest BCUT2D eigenvalue weighted by Gasteiger charge is -2.00. The lowest BCUT2D eigenvalue weighted by atomic mass is 10.4. The SMILES string of the molecule is Cc1nnc(C)c(Br)c1Br. The summed E-state index contributed by atoms with van der Waals surface area (Å²) < 4.78 is 1.97. The second kappa shape index (κ2) is 2.96. The average molecular weight is 266 g/mol. The third-order valence-corrected chi connectivity index (χ3v) is 3.65. The van der Waals surface area contributed by atoms with Crippen LogP contribution in [0.5, 0.6) is 0 Å². The first kappa shape index (κ1) is 8.14. The minimum absolute atomic E-state index is 0.900. The van der Waals surface area contributed by atoms with E-state index in [1.807, 2.05) is 13.8 Å². The van der Waals surface area contributed by atoms with Crippen LogP contribution in [0.2, 0.25) is 0 Å². The molecule has 10 heavy (non-hydrogen) atoms. The Labute approximate surface area is 76.3 Å². The van der Waals surface area contributed by atoms with Crippen molar-refractivity contribution in [2.75, 3.05) is 0 Å². The summed E-state index contributed by atoms with van der Waals surface area (Å²) in [5.74, 6) is 0. The zero-order valence-electron chi connectivity index (χ0n) is 5.65. The van der Waals surface area contributed by atoms with Gasteiger partial charge in [0.1, 0.15) is 0 Å². The second-order valence-corrected chi connectivity index (χ2v) is 3.58. The van der Waals surface area contributed by atoms with Gasteiger partial charge in [0.05, 0.1) is 20.3 Å². The second-order valence-electron chi connectivity index (χ2n) is 2.00. The molecule has 0 fully saturated rings. The van der Waals surface area contributed by atoms with Crippen LogP contribution in [0, 0.1) is 13.8 Å². The molecule has 0 radical (unpaired) electrons. The number of rotatable bonds is 0.